The Balaban J connectivity index is 1.82. The zero-order chi connectivity index (χ0) is 14.5. The van der Waals surface area contributed by atoms with E-state index >= 15 is 0 Å². The van der Waals surface area contributed by atoms with Crippen molar-refractivity contribution in [2.75, 3.05) is 0 Å². The van der Waals surface area contributed by atoms with E-state index < -0.39 is 0 Å². The Labute approximate surface area is 127 Å². The lowest BCUT2D eigenvalue weighted by Gasteiger charge is -2.09. The number of para-hydroxylation sites is 1. The largest absolute Gasteiger partial charge is 0.488 e. The molecule has 0 N–H and O–H groups in total. The average molecular weight is 301 g/mol. The number of rotatable bonds is 5. The smallest absolute Gasteiger partial charge is 0.241 e. The van der Waals surface area contributed by atoms with Gasteiger partial charge in [-0.05, 0) is 17.7 Å². The molecule has 21 heavy (non-hydrogen) atoms. The summed E-state index contributed by atoms with van der Waals surface area (Å²) in [6.45, 7) is 0.484. The van der Waals surface area contributed by atoms with Crippen molar-refractivity contribution in [3.8, 4) is 17.1 Å². The van der Waals surface area contributed by atoms with Crippen molar-refractivity contribution < 1.29 is 9.26 Å². The summed E-state index contributed by atoms with van der Waals surface area (Å²) >= 11 is 5.68. The van der Waals surface area contributed by atoms with Crippen LogP contribution < -0.4 is 4.74 Å². The Morgan fingerprint density at radius 3 is 2.52 bits per heavy atom. The molecule has 0 unspecified atom stereocenters. The second kappa shape index (κ2) is 6.41. The first-order chi connectivity index (χ1) is 10.4. The zero-order valence-corrected chi connectivity index (χ0v) is 12.0. The SMILES string of the molecule is ClCc1nc(-c2ccccc2OCc2ccccc2)no1. The van der Waals surface area contributed by atoms with Gasteiger partial charge in [0.2, 0.25) is 11.7 Å². The fourth-order valence-corrected chi connectivity index (χ4v) is 2.04. The molecule has 2 aromatic carbocycles. The summed E-state index contributed by atoms with van der Waals surface area (Å²) in [7, 11) is 0. The Morgan fingerprint density at radius 2 is 1.76 bits per heavy atom. The van der Waals surface area contributed by atoms with Crippen molar-refractivity contribution in [2.45, 2.75) is 12.5 Å². The number of alkyl halides is 1. The summed E-state index contributed by atoms with van der Waals surface area (Å²) in [5.41, 5.74) is 1.88. The molecular formula is C16H13ClN2O2. The Hall–Kier alpha value is -2.33. The second-order valence-corrected chi connectivity index (χ2v) is 4.68. The van der Waals surface area contributed by atoms with E-state index in [0.29, 0.717) is 24.1 Å². The first kappa shape index (κ1) is 13.6. The van der Waals surface area contributed by atoms with Crippen LogP contribution in [0.15, 0.2) is 59.1 Å². The van der Waals surface area contributed by atoms with Crippen molar-refractivity contribution in [1.29, 1.82) is 0 Å². The van der Waals surface area contributed by atoms with E-state index in [1.807, 2.05) is 54.6 Å². The molecule has 0 bridgehead atoms. The number of hydrogen-bond acceptors (Lipinski definition) is 4. The van der Waals surface area contributed by atoms with Gasteiger partial charge in [-0.25, -0.2) is 0 Å². The molecule has 0 amide bonds. The topological polar surface area (TPSA) is 48.2 Å². The van der Waals surface area contributed by atoms with E-state index in [2.05, 4.69) is 10.1 Å². The second-order valence-electron chi connectivity index (χ2n) is 4.42. The molecule has 0 saturated carbocycles. The van der Waals surface area contributed by atoms with Gasteiger partial charge in [0.15, 0.2) is 0 Å². The summed E-state index contributed by atoms with van der Waals surface area (Å²) in [4.78, 5) is 4.22. The van der Waals surface area contributed by atoms with Crippen molar-refractivity contribution in [2.24, 2.45) is 0 Å². The average Bonchev–Trinajstić information content (AvgIpc) is 3.03. The highest BCUT2D eigenvalue weighted by atomic mass is 35.5. The van der Waals surface area contributed by atoms with Crippen LogP contribution >= 0.6 is 11.6 Å². The summed E-state index contributed by atoms with van der Waals surface area (Å²) < 4.78 is 10.9. The fourth-order valence-electron chi connectivity index (χ4n) is 1.93. The van der Waals surface area contributed by atoms with Crippen LogP contribution in [0.5, 0.6) is 5.75 Å². The highest BCUT2D eigenvalue weighted by molar-refractivity contribution is 6.16. The van der Waals surface area contributed by atoms with Crippen LogP contribution in [-0.2, 0) is 12.5 Å². The van der Waals surface area contributed by atoms with Gasteiger partial charge in [-0.15, -0.1) is 11.6 Å². The van der Waals surface area contributed by atoms with Crippen LogP contribution in [-0.4, -0.2) is 10.1 Å². The van der Waals surface area contributed by atoms with Crippen LogP contribution in [0.2, 0.25) is 0 Å². The van der Waals surface area contributed by atoms with Crippen molar-refractivity contribution >= 4 is 11.6 Å². The predicted octanol–water partition coefficient (Wildman–Crippen LogP) is 4.05. The quantitative estimate of drug-likeness (QED) is 0.667. The summed E-state index contributed by atoms with van der Waals surface area (Å²) in [5.74, 6) is 1.78. The monoisotopic (exact) mass is 300 g/mol. The minimum atomic E-state index is 0.194. The molecule has 0 aliphatic carbocycles. The minimum Gasteiger partial charge on any atom is -0.488 e. The van der Waals surface area contributed by atoms with Crippen LogP contribution in [0.3, 0.4) is 0 Å². The molecule has 0 aliphatic heterocycles. The predicted molar refractivity (Wildman–Crippen MR) is 80.1 cm³/mol. The lowest BCUT2D eigenvalue weighted by atomic mass is 10.2. The molecule has 0 radical (unpaired) electrons. The van der Waals surface area contributed by atoms with Crippen LogP contribution in [0, 0.1) is 0 Å². The third kappa shape index (κ3) is 3.23. The van der Waals surface area contributed by atoms with Crippen LogP contribution in [0.1, 0.15) is 11.5 Å². The van der Waals surface area contributed by atoms with E-state index in [0.717, 1.165) is 11.1 Å². The Bertz CT molecular complexity index is 713. The lowest BCUT2D eigenvalue weighted by Crippen LogP contribution is -1.97. The Morgan fingerprint density at radius 1 is 1.00 bits per heavy atom. The highest BCUT2D eigenvalue weighted by Crippen LogP contribution is 2.28. The van der Waals surface area contributed by atoms with Gasteiger partial charge in [-0.3, -0.25) is 0 Å². The number of hydrogen-bond donors (Lipinski definition) is 0. The molecule has 0 saturated heterocycles. The molecule has 1 heterocycles. The van der Waals surface area contributed by atoms with Gasteiger partial charge in [0.1, 0.15) is 18.2 Å². The van der Waals surface area contributed by atoms with E-state index in [4.69, 9.17) is 20.9 Å². The Kier molecular flexibility index (Phi) is 4.17. The number of benzene rings is 2. The first-order valence-corrected chi connectivity index (χ1v) is 7.05. The van der Waals surface area contributed by atoms with Gasteiger partial charge < -0.3 is 9.26 Å². The highest BCUT2D eigenvalue weighted by Gasteiger charge is 2.12. The molecule has 3 aromatic rings. The van der Waals surface area contributed by atoms with Gasteiger partial charge in [-0.2, -0.15) is 4.98 Å². The normalized spacial score (nSPS) is 10.5. The maximum absolute atomic E-state index is 5.87. The van der Waals surface area contributed by atoms with Crippen molar-refractivity contribution in [3.63, 3.8) is 0 Å². The van der Waals surface area contributed by atoms with Gasteiger partial charge >= 0.3 is 0 Å². The van der Waals surface area contributed by atoms with Crippen LogP contribution in [0.4, 0.5) is 0 Å². The molecule has 4 nitrogen and oxygen atoms in total. The summed E-state index contributed by atoms with van der Waals surface area (Å²) in [6.07, 6.45) is 0. The summed E-state index contributed by atoms with van der Waals surface area (Å²) in [5, 5.41) is 3.92. The molecule has 1 aromatic heterocycles. The molecule has 106 valence electrons. The number of aromatic nitrogens is 2. The zero-order valence-electron chi connectivity index (χ0n) is 11.2. The molecular weight excluding hydrogens is 288 g/mol. The minimum absolute atomic E-state index is 0.194. The number of ether oxygens (including phenoxy) is 1. The van der Waals surface area contributed by atoms with Gasteiger partial charge in [0.05, 0.1) is 5.56 Å². The number of nitrogens with zero attached hydrogens (tertiary/aromatic N) is 2. The van der Waals surface area contributed by atoms with Gasteiger partial charge in [-0.1, -0.05) is 47.6 Å². The molecule has 0 aliphatic rings. The molecule has 0 atom stereocenters. The summed E-state index contributed by atoms with van der Waals surface area (Å²) in [6, 6.07) is 17.6. The maximum atomic E-state index is 5.87. The maximum Gasteiger partial charge on any atom is 0.241 e. The molecule has 3 rings (SSSR count). The standard InChI is InChI=1S/C16H13ClN2O2/c17-10-15-18-16(19-21-15)13-8-4-5-9-14(13)20-11-12-6-2-1-3-7-12/h1-9H,10-11H2. The molecule has 5 heteroatoms. The van der Waals surface area contributed by atoms with Gasteiger partial charge in [0, 0.05) is 0 Å². The third-order valence-electron chi connectivity index (χ3n) is 2.95. The van der Waals surface area contributed by atoms with E-state index in [9.17, 15) is 0 Å². The molecule has 0 fully saturated rings. The van der Waals surface area contributed by atoms with Crippen molar-refractivity contribution in [1.82, 2.24) is 10.1 Å². The fraction of sp³-hybridized carbons (Fsp3) is 0.125. The van der Waals surface area contributed by atoms with E-state index in [-0.39, 0.29) is 5.88 Å². The van der Waals surface area contributed by atoms with Crippen molar-refractivity contribution in [3.05, 3.63) is 66.1 Å². The third-order valence-corrected chi connectivity index (χ3v) is 3.18. The number of halogens is 1. The van der Waals surface area contributed by atoms with Gasteiger partial charge in [0.25, 0.3) is 0 Å². The van der Waals surface area contributed by atoms with E-state index in [1.165, 1.54) is 0 Å². The first-order valence-electron chi connectivity index (χ1n) is 6.51. The van der Waals surface area contributed by atoms with Crippen LogP contribution in [0.25, 0.3) is 11.4 Å². The lowest BCUT2D eigenvalue weighted by molar-refractivity contribution is 0.307. The van der Waals surface area contributed by atoms with E-state index in [1.54, 1.807) is 0 Å². The molecule has 0 spiro atoms.